The Morgan fingerprint density at radius 2 is 1.33 bits per heavy atom. The summed E-state index contributed by atoms with van der Waals surface area (Å²) < 4.78 is 24.1. The standard InChI is InChI=1S/C49H52N8O9/c1-28-13-31-9-5-7-11-39(31)56(28)48(61)35-18-41(63-3)43(20-37(35)50)65-26-29-14-30(16-33(15-29)55-47(60)25-54-46(59)24-53-45(58)23-51-2)27-66-44-21-38-36(19-42(44)64-4)49(62)57-34(22-52-38)17-32-10-6-8-12-40(32)57/h5-12,14-16,18-21,28,34,51-52H,13,17,22-27,50H2,1-4H3,(H,53,58)(H,54,59)(H,55,60)/t28-,34+/m1/s1. The largest absolute Gasteiger partial charge is 0.493 e. The van der Waals surface area contributed by atoms with Crippen LogP contribution in [0.5, 0.6) is 23.0 Å². The molecule has 0 radical (unpaired) electrons. The predicted molar refractivity (Wildman–Crippen MR) is 250 cm³/mol. The summed E-state index contributed by atoms with van der Waals surface area (Å²) in [6.45, 7) is 1.91. The molecule has 0 aromatic heterocycles. The van der Waals surface area contributed by atoms with Crippen LogP contribution in [-0.4, -0.2) is 89.1 Å². The average molecular weight is 897 g/mol. The van der Waals surface area contributed by atoms with E-state index in [9.17, 15) is 24.0 Å². The molecule has 66 heavy (non-hydrogen) atoms. The summed E-state index contributed by atoms with van der Waals surface area (Å²) in [6, 6.07) is 27.5. The van der Waals surface area contributed by atoms with Crippen molar-refractivity contribution in [2.45, 2.75) is 45.1 Å². The predicted octanol–water partition coefficient (Wildman–Crippen LogP) is 4.42. The van der Waals surface area contributed by atoms with Gasteiger partial charge in [-0.1, -0.05) is 36.4 Å². The van der Waals surface area contributed by atoms with E-state index in [1.165, 1.54) is 14.2 Å². The Kier molecular flexibility index (Phi) is 13.3. The zero-order valence-electron chi connectivity index (χ0n) is 37.1. The van der Waals surface area contributed by atoms with Crippen LogP contribution in [0.15, 0.2) is 91.0 Å². The molecule has 5 aromatic rings. The molecule has 0 aliphatic carbocycles. The highest BCUT2D eigenvalue weighted by atomic mass is 16.5. The van der Waals surface area contributed by atoms with E-state index in [2.05, 4.69) is 26.6 Å². The lowest BCUT2D eigenvalue weighted by molar-refractivity contribution is -0.126. The van der Waals surface area contributed by atoms with Gasteiger partial charge in [0.2, 0.25) is 17.7 Å². The van der Waals surface area contributed by atoms with Crippen LogP contribution in [0.4, 0.5) is 28.4 Å². The van der Waals surface area contributed by atoms with Crippen molar-refractivity contribution in [2.75, 3.05) is 73.6 Å². The zero-order chi connectivity index (χ0) is 46.5. The van der Waals surface area contributed by atoms with Crippen molar-refractivity contribution in [1.29, 1.82) is 0 Å². The number of nitrogens with one attached hydrogen (secondary N) is 5. The molecule has 5 amide bonds. The van der Waals surface area contributed by atoms with Gasteiger partial charge in [-0.25, -0.2) is 0 Å². The van der Waals surface area contributed by atoms with Crippen LogP contribution >= 0.6 is 0 Å². The molecule has 2 atom stereocenters. The van der Waals surface area contributed by atoms with E-state index < -0.39 is 11.8 Å². The molecule has 17 nitrogen and oxygen atoms in total. The number of carbonyl (C=O) groups excluding carboxylic acids is 5. The molecule has 5 aromatic carbocycles. The van der Waals surface area contributed by atoms with E-state index in [4.69, 9.17) is 24.7 Å². The number of rotatable bonds is 16. The van der Waals surface area contributed by atoms with Gasteiger partial charge in [0.15, 0.2) is 23.0 Å². The first-order valence-corrected chi connectivity index (χ1v) is 21.6. The van der Waals surface area contributed by atoms with Crippen molar-refractivity contribution < 1.29 is 42.9 Å². The SMILES string of the molecule is CNCC(=O)NCC(=O)NCC(=O)Nc1cc(COc2cc(N)c(C(=O)N3c4ccccc4C[C@H]3C)cc2OC)cc(COc2cc3c(cc2OC)C(=O)N2c4ccccc4C[C@H]2CN3)c1. The third-order valence-electron chi connectivity index (χ3n) is 11.7. The van der Waals surface area contributed by atoms with E-state index >= 15 is 0 Å². The quantitative estimate of drug-likeness (QED) is 0.0760. The molecule has 8 rings (SSSR count). The average Bonchev–Trinajstić information content (AvgIpc) is 3.82. The number of methoxy groups -OCH3 is 2. The number of hydrogen-bond acceptors (Lipinski definition) is 12. The van der Waals surface area contributed by atoms with Crippen molar-refractivity contribution in [3.8, 4) is 23.0 Å². The second-order valence-corrected chi connectivity index (χ2v) is 16.3. The Labute approximate surface area is 381 Å². The number of fused-ring (bicyclic) bond motifs is 5. The van der Waals surface area contributed by atoms with Gasteiger partial charge in [0.05, 0.1) is 56.7 Å². The second-order valence-electron chi connectivity index (χ2n) is 16.3. The number of likely N-dealkylation sites (N-methyl/N-ethyl adjacent to an activating group) is 1. The first kappa shape index (κ1) is 44.8. The highest BCUT2D eigenvalue weighted by molar-refractivity contribution is 6.13. The summed E-state index contributed by atoms with van der Waals surface area (Å²) in [5.74, 6) is -0.481. The third-order valence-corrected chi connectivity index (χ3v) is 11.7. The second kappa shape index (κ2) is 19.5. The number of nitrogen functional groups attached to an aromatic ring is 1. The first-order valence-electron chi connectivity index (χ1n) is 21.6. The van der Waals surface area contributed by atoms with E-state index in [0.29, 0.717) is 57.6 Å². The van der Waals surface area contributed by atoms with Gasteiger partial charge in [-0.2, -0.15) is 0 Å². The molecule has 0 spiro atoms. The Morgan fingerprint density at radius 1 is 0.727 bits per heavy atom. The van der Waals surface area contributed by atoms with Gasteiger partial charge < -0.3 is 61.1 Å². The lowest BCUT2D eigenvalue weighted by Gasteiger charge is -2.24. The molecular weight excluding hydrogens is 845 g/mol. The Balaban J connectivity index is 1.01. The summed E-state index contributed by atoms with van der Waals surface area (Å²) in [5, 5.41) is 13.9. The van der Waals surface area contributed by atoms with Gasteiger partial charge in [0, 0.05) is 47.5 Å². The van der Waals surface area contributed by atoms with Crippen molar-refractivity contribution in [3.05, 3.63) is 124 Å². The molecule has 342 valence electrons. The smallest absolute Gasteiger partial charge is 0.260 e. The molecule has 7 N–H and O–H groups in total. The van der Waals surface area contributed by atoms with Gasteiger partial charge >= 0.3 is 0 Å². The maximum atomic E-state index is 14.0. The summed E-state index contributed by atoms with van der Waals surface area (Å²) in [7, 11) is 4.60. The number of amides is 5. The maximum absolute atomic E-state index is 14.0. The zero-order valence-corrected chi connectivity index (χ0v) is 37.1. The van der Waals surface area contributed by atoms with Crippen LogP contribution in [0.3, 0.4) is 0 Å². The van der Waals surface area contributed by atoms with Gasteiger partial charge in [-0.3, -0.25) is 24.0 Å². The maximum Gasteiger partial charge on any atom is 0.260 e. The molecule has 3 aliphatic heterocycles. The number of benzene rings is 5. The fourth-order valence-electron chi connectivity index (χ4n) is 8.62. The van der Waals surface area contributed by atoms with Crippen LogP contribution in [0.25, 0.3) is 0 Å². The van der Waals surface area contributed by atoms with Crippen molar-refractivity contribution in [3.63, 3.8) is 0 Å². The molecular formula is C49H52N8O9. The molecule has 17 heteroatoms. The Hall–Kier alpha value is -7.79. The summed E-state index contributed by atoms with van der Waals surface area (Å²) >= 11 is 0. The third kappa shape index (κ3) is 9.51. The van der Waals surface area contributed by atoms with E-state index in [-0.39, 0.29) is 73.9 Å². The number of hydrogen-bond donors (Lipinski definition) is 6. The molecule has 0 saturated heterocycles. The Morgan fingerprint density at radius 3 is 2.02 bits per heavy atom. The minimum atomic E-state index is -0.539. The normalized spacial score (nSPS) is 15.5. The minimum Gasteiger partial charge on any atom is -0.493 e. The summed E-state index contributed by atoms with van der Waals surface area (Å²) in [4.78, 5) is 68.8. The van der Waals surface area contributed by atoms with E-state index in [1.54, 1.807) is 48.3 Å². The number of ether oxygens (including phenoxy) is 4. The molecule has 0 unspecified atom stereocenters. The van der Waals surface area contributed by atoms with Crippen molar-refractivity contribution in [1.82, 2.24) is 16.0 Å². The number of carbonyl (C=O) groups is 5. The van der Waals surface area contributed by atoms with Gasteiger partial charge in [-0.15, -0.1) is 0 Å². The van der Waals surface area contributed by atoms with Crippen LogP contribution < -0.4 is 61.1 Å². The molecule has 3 aliphatic rings. The van der Waals surface area contributed by atoms with Crippen LogP contribution in [0.1, 0.15) is 49.9 Å². The summed E-state index contributed by atoms with van der Waals surface area (Å²) in [5.41, 5.74) is 13.7. The van der Waals surface area contributed by atoms with Gasteiger partial charge in [-0.05, 0) is 91.5 Å². The van der Waals surface area contributed by atoms with E-state index in [0.717, 1.165) is 35.3 Å². The molecule has 0 fully saturated rings. The lowest BCUT2D eigenvalue weighted by Crippen LogP contribution is -2.42. The molecule has 3 heterocycles. The van der Waals surface area contributed by atoms with Crippen molar-refractivity contribution >= 4 is 58.0 Å². The number of nitrogens with two attached hydrogens (primary N) is 1. The Bertz CT molecular complexity index is 2710. The fourth-order valence-corrected chi connectivity index (χ4v) is 8.62. The molecule has 0 bridgehead atoms. The number of nitrogens with zero attached hydrogens (tertiary/aromatic N) is 2. The van der Waals surface area contributed by atoms with Crippen LogP contribution in [0.2, 0.25) is 0 Å². The minimum absolute atomic E-state index is 0.0100. The number of para-hydroxylation sites is 2. The highest BCUT2D eigenvalue weighted by Gasteiger charge is 2.38. The van der Waals surface area contributed by atoms with Gasteiger partial charge in [0.1, 0.15) is 13.2 Å². The van der Waals surface area contributed by atoms with Crippen LogP contribution in [0, 0.1) is 0 Å². The number of anilines is 5. The fraction of sp³-hybridized carbons (Fsp3) is 0.286. The molecule has 0 saturated carbocycles. The van der Waals surface area contributed by atoms with E-state index in [1.807, 2.05) is 66.4 Å². The lowest BCUT2D eigenvalue weighted by atomic mass is 10.1. The topological polar surface area (TPSA) is 215 Å². The summed E-state index contributed by atoms with van der Waals surface area (Å²) in [6.07, 6.45) is 1.47. The van der Waals surface area contributed by atoms with Gasteiger partial charge in [0.25, 0.3) is 11.8 Å². The van der Waals surface area contributed by atoms with Crippen LogP contribution in [-0.2, 0) is 40.4 Å². The highest BCUT2D eigenvalue weighted by Crippen LogP contribution is 2.41. The first-order chi connectivity index (χ1) is 31.9. The monoisotopic (exact) mass is 896 g/mol. The van der Waals surface area contributed by atoms with Crippen molar-refractivity contribution in [2.24, 2.45) is 0 Å².